The molecule has 16 heavy (non-hydrogen) atoms. The minimum atomic E-state index is -4.49. The van der Waals surface area contributed by atoms with E-state index in [4.69, 9.17) is 16.8 Å². The second kappa shape index (κ2) is 4.65. The molecule has 3 amide bonds. The third-order valence-electron chi connectivity index (χ3n) is 1.60. The van der Waals surface area contributed by atoms with E-state index in [9.17, 15) is 18.0 Å². The van der Waals surface area contributed by atoms with Crippen LogP contribution >= 0.6 is 24.0 Å². The second-order valence-corrected chi connectivity index (χ2v) is 5.94. The van der Waals surface area contributed by atoms with E-state index in [0.29, 0.717) is 4.90 Å². The van der Waals surface area contributed by atoms with Crippen LogP contribution in [0.2, 0.25) is 0 Å². The van der Waals surface area contributed by atoms with Crippen LogP contribution in [0.1, 0.15) is 0 Å². The number of amides is 3. The third-order valence-corrected chi connectivity index (χ3v) is 3.79. The predicted octanol–water partition coefficient (Wildman–Crippen LogP) is -0.396. The number of hydrogen-bond donors (Lipinski definition) is 2. The molecule has 1 aliphatic rings. The molecule has 1 rings (SSSR count). The van der Waals surface area contributed by atoms with Crippen molar-refractivity contribution in [1.29, 1.82) is 0 Å². The standard InChI is InChI=1S/C6H7N2O5S3/c1-3(16(11,12)13)7-5(10)8-4(9)2-15-6(8)14/h3H,1-2H2,(H,7,10)(H,11,12,13). The lowest BCUT2D eigenvalue weighted by atomic mass is 10.6. The highest BCUT2D eigenvalue weighted by Crippen LogP contribution is 2.19. The highest BCUT2D eigenvalue weighted by atomic mass is 32.2. The molecule has 0 saturated carbocycles. The van der Waals surface area contributed by atoms with E-state index in [0.717, 1.165) is 11.8 Å². The van der Waals surface area contributed by atoms with Gasteiger partial charge in [-0.25, -0.2) is 9.69 Å². The van der Waals surface area contributed by atoms with Gasteiger partial charge in [-0.05, 0) is 6.92 Å². The van der Waals surface area contributed by atoms with Crippen LogP contribution in [-0.2, 0) is 14.9 Å². The smallest absolute Gasteiger partial charge is 0.318 e. The zero-order valence-corrected chi connectivity index (χ0v) is 10.2. The van der Waals surface area contributed by atoms with E-state index >= 15 is 0 Å². The Morgan fingerprint density at radius 2 is 2.25 bits per heavy atom. The number of rotatable bonds is 2. The monoisotopic (exact) mass is 283 g/mol. The fourth-order valence-electron chi connectivity index (χ4n) is 0.827. The number of carbonyl (C=O) groups excluding carboxylic acids is 2. The van der Waals surface area contributed by atoms with Crippen molar-refractivity contribution in [2.75, 3.05) is 5.75 Å². The first kappa shape index (κ1) is 13.4. The molecule has 1 radical (unpaired) electrons. The van der Waals surface area contributed by atoms with E-state index < -0.39 is 27.4 Å². The van der Waals surface area contributed by atoms with Crippen LogP contribution in [0, 0.1) is 6.92 Å². The minimum Gasteiger partial charge on any atom is -0.318 e. The molecule has 0 aromatic rings. The molecule has 0 aromatic carbocycles. The quantitative estimate of drug-likeness (QED) is 0.525. The maximum Gasteiger partial charge on any atom is 0.330 e. The zero-order valence-electron chi connectivity index (χ0n) is 7.74. The summed E-state index contributed by atoms with van der Waals surface area (Å²) in [6.45, 7) is 3.01. The maximum atomic E-state index is 11.4. The lowest BCUT2D eigenvalue weighted by Crippen LogP contribution is -2.48. The van der Waals surface area contributed by atoms with Gasteiger partial charge in [-0.1, -0.05) is 24.0 Å². The Morgan fingerprint density at radius 3 is 2.62 bits per heavy atom. The second-order valence-electron chi connectivity index (χ2n) is 2.74. The van der Waals surface area contributed by atoms with Gasteiger partial charge < -0.3 is 5.32 Å². The van der Waals surface area contributed by atoms with Crippen molar-refractivity contribution >= 4 is 50.4 Å². The van der Waals surface area contributed by atoms with Crippen LogP contribution < -0.4 is 5.32 Å². The molecule has 10 heteroatoms. The van der Waals surface area contributed by atoms with Gasteiger partial charge in [0.1, 0.15) is 0 Å². The van der Waals surface area contributed by atoms with E-state index in [1.54, 1.807) is 0 Å². The Bertz CT molecular complexity index is 429. The van der Waals surface area contributed by atoms with E-state index in [1.807, 2.05) is 5.32 Å². The number of carbonyl (C=O) groups is 2. The molecule has 0 aliphatic carbocycles. The van der Waals surface area contributed by atoms with Gasteiger partial charge in [-0.15, -0.1) is 0 Å². The van der Waals surface area contributed by atoms with Crippen LogP contribution in [0.4, 0.5) is 4.79 Å². The molecule has 7 nitrogen and oxygen atoms in total. The first-order chi connectivity index (χ1) is 7.23. The SMILES string of the molecule is [CH2]C(NC(=O)N1C(=O)CSC1=S)S(=O)(=O)O. The van der Waals surface area contributed by atoms with Crippen molar-refractivity contribution in [3.63, 3.8) is 0 Å². The molecule has 1 aliphatic heterocycles. The number of thiocarbonyl (C=S) groups is 1. The number of nitrogens with zero attached hydrogens (tertiary/aromatic N) is 1. The summed E-state index contributed by atoms with van der Waals surface area (Å²) in [7, 11) is -4.49. The van der Waals surface area contributed by atoms with Crippen molar-refractivity contribution < 1.29 is 22.6 Å². The fraction of sp³-hybridized carbons (Fsp3) is 0.333. The highest BCUT2D eigenvalue weighted by molar-refractivity contribution is 8.24. The van der Waals surface area contributed by atoms with Crippen LogP contribution in [-0.4, -0.2) is 45.3 Å². The fourth-order valence-corrected chi connectivity index (χ4v) is 2.13. The number of imide groups is 1. The van der Waals surface area contributed by atoms with Crippen LogP contribution in [0.25, 0.3) is 0 Å². The van der Waals surface area contributed by atoms with Crippen molar-refractivity contribution in [3.8, 4) is 0 Å². The van der Waals surface area contributed by atoms with E-state index in [2.05, 4.69) is 6.92 Å². The highest BCUT2D eigenvalue weighted by Gasteiger charge is 2.34. The molecule has 89 valence electrons. The molecule has 1 unspecified atom stereocenters. The normalized spacial score (nSPS) is 18.8. The summed E-state index contributed by atoms with van der Waals surface area (Å²) in [6.07, 6.45) is 0. The first-order valence-corrected chi connectivity index (χ1v) is 6.73. The van der Waals surface area contributed by atoms with Crippen molar-refractivity contribution in [2.24, 2.45) is 0 Å². The Morgan fingerprint density at radius 1 is 1.69 bits per heavy atom. The van der Waals surface area contributed by atoms with Crippen LogP contribution in [0.3, 0.4) is 0 Å². The average molecular weight is 283 g/mol. The van der Waals surface area contributed by atoms with Crippen LogP contribution in [0.5, 0.6) is 0 Å². The predicted molar refractivity (Wildman–Crippen MR) is 61.1 cm³/mol. The first-order valence-electron chi connectivity index (χ1n) is 3.83. The summed E-state index contributed by atoms with van der Waals surface area (Å²) in [6, 6.07) is -1.02. The van der Waals surface area contributed by atoms with Gasteiger partial charge in [-0.3, -0.25) is 9.35 Å². The summed E-state index contributed by atoms with van der Waals surface area (Å²) in [5, 5.41) is 0.0900. The van der Waals surface area contributed by atoms with Crippen molar-refractivity contribution in [3.05, 3.63) is 6.92 Å². The minimum absolute atomic E-state index is 0.0277. The molecule has 1 atom stereocenters. The average Bonchev–Trinajstić information content (AvgIpc) is 2.44. The van der Waals surface area contributed by atoms with Crippen LogP contribution in [0.15, 0.2) is 0 Å². The number of thioether (sulfide) groups is 1. The third kappa shape index (κ3) is 2.90. The van der Waals surface area contributed by atoms with Gasteiger partial charge in [0, 0.05) is 0 Å². The van der Waals surface area contributed by atoms with Gasteiger partial charge in [-0.2, -0.15) is 8.42 Å². The molecular weight excluding hydrogens is 276 g/mol. The lowest BCUT2D eigenvalue weighted by Gasteiger charge is -2.16. The summed E-state index contributed by atoms with van der Waals surface area (Å²) in [4.78, 5) is 23.2. The van der Waals surface area contributed by atoms with Gasteiger partial charge in [0.2, 0.25) is 5.91 Å². The summed E-state index contributed by atoms with van der Waals surface area (Å²) in [5.74, 6) is -0.519. The maximum absolute atomic E-state index is 11.4. The number of urea groups is 1. The van der Waals surface area contributed by atoms with Gasteiger partial charge >= 0.3 is 6.03 Å². The summed E-state index contributed by atoms with van der Waals surface area (Å²) in [5.41, 5.74) is 0. The topological polar surface area (TPSA) is 104 Å². The molecule has 0 bridgehead atoms. The molecular formula is C6H7N2O5S3. The van der Waals surface area contributed by atoms with E-state index in [1.165, 1.54) is 0 Å². The lowest BCUT2D eigenvalue weighted by molar-refractivity contribution is -0.122. The molecule has 1 fully saturated rings. The largest absolute Gasteiger partial charge is 0.330 e. The zero-order chi connectivity index (χ0) is 12.5. The summed E-state index contributed by atoms with van der Waals surface area (Å²) >= 11 is 5.71. The number of nitrogens with one attached hydrogen (secondary N) is 1. The molecule has 0 aromatic heterocycles. The van der Waals surface area contributed by atoms with Crippen molar-refractivity contribution in [1.82, 2.24) is 10.2 Å². The van der Waals surface area contributed by atoms with Crippen molar-refractivity contribution in [2.45, 2.75) is 5.37 Å². The molecule has 2 N–H and O–H groups in total. The van der Waals surface area contributed by atoms with E-state index in [-0.39, 0.29) is 10.1 Å². The Labute approximate surface area is 101 Å². The number of hydrogen-bond acceptors (Lipinski definition) is 6. The Kier molecular flexibility index (Phi) is 3.88. The Hall–Kier alpha value is -0.710. The molecule has 1 heterocycles. The Balaban J connectivity index is 2.73. The van der Waals surface area contributed by atoms with Gasteiger partial charge in [0.05, 0.1) is 5.75 Å². The summed E-state index contributed by atoms with van der Waals surface area (Å²) < 4.78 is 29.8. The molecule has 1 saturated heterocycles. The molecule has 0 spiro atoms. The van der Waals surface area contributed by atoms with Gasteiger partial charge in [0.15, 0.2) is 9.69 Å². The van der Waals surface area contributed by atoms with Gasteiger partial charge in [0.25, 0.3) is 10.1 Å².